The Morgan fingerprint density at radius 3 is 2.32 bits per heavy atom. The highest BCUT2D eigenvalue weighted by molar-refractivity contribution is 9.11. The molecule has 7 heteroatoms. The summed E-state index contributed by atoms with van der Waals surface area (Å²) in [4.78, 5) is 0. The lowest BCUT2D eigenvalue weighted by molar-refractivity contribution is 0.355. The molecule has 0 bridgehead atoms. The molecule has 0 unspecified atom stereocenters. The summed E-state index contributed by atoms with van der Waals surface area (Å²) in [6.07, 6.45) is 0. The summed E-state index contributed by atoms with van der Waals surface area (Å²) < 4.78 is 12.4. The van der Waals surface area contributed by atoms with Gasteiger partial charge in [0.05, 0.1) is 19.9 Å². The first-order chi connectivity index (χ1) is 10.5. The van der Waals surface area contributed by atoms with Crippen molar-refractivity contribution >= 4 is 60.6 Å². The first-order valence-electron chi connectivity index (χ1n) is 6.28. The summed E-state index contributed by atoms with van der Waals surface area (Å²) in [7, 11) is 3.19. The van der Waals surface area contributed by atoms with E-state index in [0.29, 0.717) is 16.6 Å². The third-order valence-electron chi connectivity index (χ3n) is 2.82. The fourth-order valence-electron chi connectivity index (χ4n) is 1.79. The number of nitrogens with one attached hydrogen (secondary N) is 2. The molecule has 0 saturated heterocycles. The van der Waals surface area contributed by atoms with Crippen molar-refractivity contribution in [2.75, 3.05) is 24.9 Å². The smallest absolute Gasteiger partial charge is 0.175 e. The van der Waals surface area contributed by atoms with Crippen LogP contribution in [0, 0.1) is 0 Å². The maximum atomic E-state index is 5.32. The van der Waals surface area contributed by atoms with Gasteiger partial charge in [-0.15, -0.1) is 0 Å². The lowest BCUT2D eigenvalue weighted by Crippen LogP contribution is -2.19. The zero-order chi connectivity index (χ0) is 16.1. The molecule has 0 aliphatic rings. The number of rotatable bonds is 4. The fraction of sp³-hybridized carbons (Fsp3) is 0.133. The van der Waals surface area contributed by atoms with Gasteiger partial charge in [0, 0.05) is 20.7 Å². The number of hydrogen-bond acceptors (Lipinski definition) is 3. The molecule has 0 heterocycles. The van der Waals surface area contributed by atoms with Gasteiger partial charge in [0.25, 0.3) is 0 Å². The Morgan fingerprint density at radius 1 is 0.955 bits per heavy atom. The molecular weight excluding hydrogens is 432 g/mol. The van der Waals surface area contributed by atoms with Crippen LogP contribution in [0.1, 0.15) is 0 Å². The van der Waals surface area contributed by atoms with Gasteiger partial charge in [-0.25, -0.2) is 0 Å². The normalized spacial score (nSPS) is 10.0. The van der Waals surface area contributed by atoms with E-state index in [-0.39, 0.29) is 0 Å². The van der Waals surface area contributed by atoms with E-state index in [2.05, 4.69) is 42.5 Å². The monoisotopic (exact) mass is 444 g/mol. The molecule has 0 saturated carbocycles. The van der Waals surface area contributed by atoms with E-state index in [1.807, 2.05) is 36.4 Å². The van der Waals surface area contributed by atoms with Gasteiger partial charge < -0.3 is 20.1 Å². The maximum absolute atomic E-state index is 5.32. The third-order valence-corrected chi connectivity index (χ3v) is 4.17. The molecule has 0 fully saturated rings. The van der Waals surface area contributed by atoms with Crippen LogP contribution in [0.25, 0.3) is 0 Å². The maximum Gasteiger partial charge on any atom is 0.175 e. The zero-order valence-corrected chi connectivity index (χ0v) is 15.9. The number of anilines is 2. The number of benzene rings is 2. The highest BCUT2D eigenvalue weighted by Crippen LogP contribution is 2.30. The van der Waals surface area contributed by atoms with E-state index >= 15 is 0 Å². The SMILES string of the molecule is COc1ccc(NC(=S)Nc2ccc(Br)cc2Br)cc1OC. The van der Waals surface area contributed by atoms with E-state index in [9.17, 15) is 0 Å². The minimum atomic E-state index is 0.482. The van der Waals surface area contributed by atoms with Crippen molar-refractivity contribution in [2.24, 2.45) is 0 Å². The molecule has 2 aromatic rings. The molecule has 0 spiro atoms. The van der Waals surface area contributed by atoms with E-state index < -0.39 is 0 Å². The van der Waals surface area contributed by atoms with Crippen molar-refractivity contribution in [3.05, 3.63) is 45.3 Å². The van der Waals surface area contributed by atoms with Gasteiger partial charge in [0.2, 0.25) is 0 Å². The summed E-state index contributed by atoms with van der Waals surface area (Å²) in [5.41, 5.74) is 1.68. The van der Waals surface area contributed by atoms with Crippen LogP contribution in [0.5, 0.6) is 11.5 Å². The Balaban J connectivity index is 2.08. The summed E-state index contributed by atoms with van der Waals surface area (Å²) in [6, 6.07) is 11.3. The molecule has 0 aliphatic carbocycles. The molecule has 2 N–H and O–H groups in total. The van der Waals surface area contributed by atoms with Gasteiger partial charge in [-0.05, 0) is 58.5 Å². The number of thiocarbonyl (C=S) groups is 1. The second-order valence-electron chi connectivity index (χ2n) is 4.27. The topological polar surface area (TPSA) is 42.5 Å². The van der Waals surface area contributed by atoms with Crippen LogP contribution in [-0.4, -0.2) is 19.3 Å². The lowest BCUT2D eigenvalue weighted by atomic mass is 10.2. The molecule has 0 radical (unpaired) electrons. The number of hydrogen-bond donors (Lipinski definition) is 2. The van der Waals surface area contributed by atoms with Crippen molar-refractivity contribution in [1.82, 2.24) is 0 Å². The number of methoxy groups -OCH3 is 2. The number of ether oxygens (including phenoxy) is 2. The van der Waals surface area contributed by atoms with Crippen molar-refractivity contribution in [3.8, 4) is 11.5 Å². The second-order valence-corrected chi connectivity index (χ2v) is 6.45. The van der Waals surface area contributed by atoms with Crippen LogP contribution in [0.4, 0.5) is 11.4 Å². The standard InChI is InChI=1S/C15H14Br2N2O2S/c1-20-13-6-4-10(8-14(13)21-2)18-15(22)19-12-5-3-9(16)7-11(12)17/h3-8H,1-2H3,(H2,18,19,22). The van der Waals surface area contributed by atoms with E-state index in [1.165, 1.54) is 0 Å². The quantitative estimate of drug-likeness (QED) is 0.645. The molecule has 22 heavy (non-hydrogen) atoms. The van der Waals surface area contributed by atoms with Crippen LogP contribution in [0.3, 0.4) is 0 Å². The Hall–Kier alpha value is -1.31. The molecule has 0 atom stereocenters. The zero-order valence-electron chi connectivity index (χ0n) is 11.9. The van der Waals surface area contributed by atoms with Crippen LogP contribution in [0.15, 0.2) is 45.3 Å². The predicted molar refractivity (Wildman–Crippen MR) is 101 cm³/mol. The average molecular weight is 446 g/mol. The third kappa shape index (κ3) is 4.34. The van der Waals surface area contributed by atoms with Gasteiger partial charge in [-0.2, -0.15) is 0 Å². The van der Waals surface area contributed by atoms with Crippen molar-refractivity contribution in [3.63, 3.8) is 0 Å². The predicted octanol–water partition coefficient (Wildman–Crippen LogP) is 5.04. The molecule has 4 nitrogen and oxygen atoms in total. The summed E-state index contributed by atoms with van der Waals surface area (Å²) in [6.45, 7) is 0. The Morgan fingerprint density at radius 2 is 1.68 bits per heavy atom. The van der Waals surface area contributed by atoms with Gasteiger partial charge in [0.1, 0.15) is 0 Å². The highest BCUT2D eigenvalue weighted by Gasteiger charge is 2.07. The minimum absolute atomic E-state index is 0.482. The second kappa shape index (κ2) is 7.80. The molecule has 2 aromatic carbocycles. The largest absolute Gasteiger partial charge is 0.493 e. The highest BCUT2D eigenvalue weighted by atomic mass is 79.9. The Kier molecular flexibility index (Phi) is 6.05. The number of halogens is 2. The van der Waals surface area contributed by atoms with E-state index in [0.717, 1.165) is 20.3 Å². The lowest BCUT2D eigenvalue weighted by Gasteiger charge is -2.14. The van der Waals surface area contributed by atoms with Crippen LogP contribution >= 0.6 is 44.1 Å². The van der Waals surface area contributed by atoms with Gasteiger partial charge in [-0.3, -0.25) is 0 Å². The molecular formula is C15H14Br2N2O2S. The van der Waals surface area contributed by atoms with Gasteiger partial charge in [-0.1, -0.05) is 15.9 Å². The Bertz CT molecular complexity index is 695. The molecule has 2 rings (SSSR count). The average Bonchev–Trinajstić information content (AvgIpc) is 2.50. The first kappa shape index (κ1) is 17.1. The van der Waals surface area contributed by atoms with E-state index in [1.54, 1.807) is 14.2 Å². The van der Waals surface area contributed by atoms with Crippen LogP contribution in [-0.2, 0) is 0 Å². The summed E-state index contributed by atoms with van der Waals surface area (Å²) in [5, 5.41) is 6.72. The summed E-state index contributed by atoms with van der Waals surface area (Å²) >= 11 is 12.2. The van der Waals surface area contributed by atoms with E-state index in [4.69, 9.17) is 21.7 Å². The van der Waals surface area contributed by atoms with Crippen molar-refractivity contribution in [1.29, 1.82) is 0 Å². The molecule has 0 amide bonds. The van der Waals surface area contributed by atoms with Gasteiger partial charge in [0.15, 0.2) is 16.6 Å². The Labute approximate surface area is 151 Å². The summed E-state index contributed by atoms with van der Waals surface area (Å²) in [5.74, 6) is 1.31. The van der Waals surface area contributed by atoms with Crippen LogP contribution < -0.4 is 20.1 Å². The molecule has 116 valence electrons. The van der Waals surface area contributed by atoms with Crippen LogP contribution in [0.2, 0.25) is 0 Å². The molecule has 0 aromatic heterocycles. The minimum Gasteiger partial charge on any atom is -0.493 e. The van der Waals surface area contributed by atoms with Crippen molar-refractivity contribution < 1.29 is 9.47 Å². The fourth-order valence-corrected chi connectivity index (χ4v) is 3.16. The van der Waals surface area contributed by atoms with Gasteiger partial charge >= 0.3 is 0 Å². The van der Waals surface area contributed by atoms with Crippen molar-refractivity contribution in [2.45, 2.75) is 0 Å². The molecule has 0 aliphatic heterocycles. The first-order valence-corrected chi connectivity index (χ1v) is 8.28.